The number of hydrogen-bond donors (Lipinski definition) is 0. The Bertz CT molecular complexity index is 1470. The van der Waals surface area contributed by atoms with Gasteiger partial charge in [0.05, 0.1) is 16.7 Å². The van der Waals surface area contributed by atoms with Crippen molar-refractivity contribution in [1.82, 2.24) is 0 Å². The van der Waals surface area contributed by atoms with E-state index in [0.29, 0.717) is 0 Å². The number of thiazole rings is 1. The zero-order valence-electron chi connectivity index (χ0n) is 21.2. The van der Waals surface area contributed by atoms with Gasteiger partial charge < -0.3 is 14.8 Å². The van der Waals surface area contributed by atoms with E-state index in [9.17, 15) is 9.90 Å². The summed E-state index contributed by atoms with van der Waals surface area (Å²) in [5.74, 6) is -0.266. The standard InChI is InChI=1S/C29H28N2O2S5/c1-34-20-10-11-24-22(18-20)30(16-17-36-19-28(32)33)26(37-24)8-6-4-3-5-7-9-27-31-15-14-21-23(35-2)12-13-25(38-27)29(21)31/h3-13,18H,14-17,19H2,1-2H3. The van der Waals surface area contributed by atoms with Crippen molar-refractivity contribution in [3.05, 3.63) is 82.4 Å². The van der Waals surface area contributed by atoms with Crippen LogP contribution in [0.5, 0.6) is 0 Å². The van der Waals surface area contributed by atoms with Crippen LogP contribution in [0.3, 0.4) is 0 Å². The third-order valence-corrected chi connectivity index (χ3v) is 11.0. The number of carboxylic acid groups (broad SMARTS) is 1. The Morgan fingerprint density at radius 1 is 1.11 bits per heavy atom. The lowest BCUT2D eigenvalue weighted by Gasteiger charge is -2.20. The van der Waals surface area contributed by atoms with E-state index in [1.54, 1.807) is 23.5 Å². The monoisotopic (exact) mass is 596 g/mol. The fourth-order valence-electron chi connectivity index (χ4n) is 4.60. The van der Waals surface area contributed by atoms with Crippen molar-refractivity contribution in [2.75, 3.05) is 35.5 Å². The molecule has 4 nitrogen and oxygen atoms in total. The van der Waals surface area contributed by atoms with Gasteiger partial charge in [-0.05, 0) is 48.9 Å². The Balaban J connectivity index is 1.25. The molecule has 2 aromatic carbocycles. The van der Waals surface area contributed by atoms with E-state index in [-0.39, 0.29) is 5.75 Å². The molecule has 196 valence electrons. The maximum absolute atomic E-state index is 10.8. The average molecular weight is 597 g/mol. The van der Waals surface area contributed by atoms with Gasteiger partial charge in [-0.1, -0.05) is 53.5 Å². The lowest BCUT2D eigenvalue weighted by molar-refractivity contribution is -0.661. The minimum atomic E-state index is -1.01. The normalized spacial score (nSPS) is 15.8. The van der Waals surface area contributed by atoms with Crippen LogP contribution < -0.4 is 14.6 Å². The number of hydrogen-bond acceptors (Lipinski definition) is 8. The number of fused-ring (bicyclic) bond motifs is 1. The second kappa shape index (κ2) is 12.9. The first kappa shape index (κ1) is 27.5. The highest BCUT2D eigenvalue weighted by Gasteiger charge is 2.29. The predicted molar refractivity (Wildman–Crippen MR) is 167 cm³/mol. The van der Waals surface area contributed by atoms with Crippen molar-refractivity contribution in [1.29, 1.82) is 0 Å². The molecule has 0 radical (unpaired) electrons. The molecule has 0 spiro atoms. The van der Waals surface area contributed by atoms with Crippen LogP contribution in [0.2, 0.25) is 0 Å². The second-order valence-corrected chi connectivity index (χ2v) is 13.5. The Labute approximate surface area is 245 Å². The zero-order valence-corrected chi connectivity index (χ0v) is 25.3. The number of benzene rings is 2. The summed E-state index contributed by atoms with van der Waals surface area (Å²) in [7, 11) is 0. The van der Waals surface area contributed by atoms with Crippen LogP contribution in [0.25, 0.3) is 16.3 Å². The fraction of sp³-hybridized carbons (Fsp3) is 0.241. The first-order chi connectivity index (χ1) is 18.6. The predicted octanol–water partition coefficient (Wildman–Crippen LogP) is 6.25. The number of thioether (sulfide) groups is 4. The van der Waals surface area contributed by atoms with E-state index < -0.39 is 5.97 Å². The van der Waals surface area contributed by atoms with Gasteiger partial charge in [0.25, 0.3) is 5.01 Å². The molecule has 5 rings (SSSR count). The number of aliphatic carboxylic acids is 1. The summed E-state index contributed by atoms with van der Waals surface area (Å²) in [6, 6.07) is 11.1. The van der Waals surface area contributed by atoms with E-state index >= 15 is 0 Å². The number of aromatic nitrogens is 1. The highest BCUT2D eigenvalue weighted by Crippen LogP contribution is 2.47. The zero-order chi connectivity index (χ0) is 26.5. The smallest absolute Gasteiger partial charge is 0.262 e. The second-order valence-electron chi connectivity index (χ2n) is 8.58. The van der Waals surface area contributed by atoms with E-state index in [4.69, 9.17) is 0 Å². The molecule has 2 aliphatic heterocycles. The van der Waals surface area contributed by atoms with Crippen LogP contribution in [0.4, 0.5) is 5.69 Å². The number of carbonyl (C=O) groups is 1. The summed E-state index contributed by atoms with van der Waals surface area (Å²) in [6.07, 6.45) is 20.1. The molecular formula is C29H28N2O2S5. The average Bonchev–Trinajstić information content (AvgIpc) is 3.61. The molecule has 1 aromatic heterocycles. The molecule has 3 heterocycles. The Morgan fingerprint density at radius 3 is 2.76 bits per heavy atom. The number of aryl methyl sites for hydroxylation is 2. The van der Waals surface area contributed by atoms with Gasteiger partial charge in [-0.15, -0.1) is 23.5 Å². The summed E-state index contributed by atoms with van der Waals surface area (Å²) in [5.41, 5.74) is 4.11. The van der Waals surface area contributed by atoms with Crippen LogP contribution in [-0.2, 0) is 17.8 Å². The number of carbonyl (C=O) groups excluding carboxylic acids is 1. The van der Waals surface area contributed by atoms with Crippen molar-refractivity contribution >= 4 is 86.3 Å². The minimum absolute atomic E-state index is 0.0253. The maximum atomic E-state index is 10.8. The summed E-state index contributed by atoms with van der Waals surface area (Å²) in [5, 5.41) is 13.2. The highest BCUT2D eigenvalue weighted by atomic mass is 32.2. The van der Waals surface area contributed by atoms with E-state index in [0.717, 1.165) is 30.3 Å². The topological polar surface area (TPSA) is 47.3 Å². The van der Waals surface area contributed by atoms with Crippen LogP contribution in [0.1, 0.15) is 10.6 Å². The van der Waals surface area contributed by atoms with Crippen LogP contribution >= 0.6 is 58.4 Å². The molecule has 0 aliphatic carbocycles. The van der Waals surface area contributed by atoms with Crippen LogP contribution in [0, 0.1) is 0 Å². The highest BCUT2D eigenvalue weighted by molar-refractivity contribution is 8.03. The Hall–Kier alpha value is -2.04. The van der Waals surface area contributed by atoms with E-state index in [1.807, 2.05) is 23.1 Å². The first-order valence-corrected chi connectivity index (χ1v) is 17.5. The summed E-state index contributed by atoms with van der Waals surface area (Å²) >= 11 is 8.57. The number of rotatable bonds is 11. The van der Waals surface area contributed by atoms with Gasteiger partial charge in [-0.25, -0.2) is 0 Å². The summed E-state index contributed by atoms with van der Waals surface area (Å²) < 4.78 is 3.82. The van der Waals surface area contributed by atoms with E-state index in [2.05, 4.69) is 94.8 Å². The number of carboxylic acids is 1. The molecule has 0 saturated carbocycles. The van der Waals surface area contributed by atoms with Gasteiger partial charge in [0.15, 0.2) is 6.54 Å². The molecule has 0 atom stereocenters. The van der Waals surface area contributed by atoms with Gasteiger partial charge >= 0.3 is 0 Å². The number of anilines is 1. The number of allylic oxidation sites excluding steroid dienone is 6. The SMILES string of the molecule is CSc1ccc2c(c1)N(CCSCC(=O)[O-])/C(=C/C=C/C=C/C=C/c1sc3ccc(SC)c4c3[n+]1CC4)S2. The van der Waals surface area contributed by atoms with Crippen molar-refractivity contribution < 1.29 is 14.5 Å². The van der Waals surface area contributed by atoms with Crippen molar-refractivity contribution in [2.24, 2.45) is 0 Å². The van der Waals surface area contributed by atoms with Gasteiger partial charge in [0.2, 0.25) is 5.52 Å². The van der Waals surface area contributed by atoms with Crippen molar-refractivity contribution in [3.8, 4) is 0 Å². The van der Waals surface area contributed by atoms with Crippen LogP contribution in [0.15, 0.2) is 86.5 Å². The van der Waals surface area contributed by atoms with Gasteiger partial charge in [-0.3, -0.25) is 0 Å². The fourth-order valence-corrected chi connectivity index (χ4v) is 8.51. The molecule has 0 saturated heterocycles. The molecular weight excluding hydrogens is 569 g/mol. The quantitative estimate of drug-likeness (QED) is 0.112. The molecule has 0 fully saturated rings. The van der Waals surface area contributed by atoms with Crippen molar-refractivity contribution in [2.45, 2.75) is 27.7 Å². The molecule has 0 N–H and O–H groups in total. The molecule has 9 heteroatoms. The lowest BCUT2D eigenvalue weighted by Crippen LogP contribution is -2.31. The molecule has 3 aromatic rings. The third-order valence-electron chi connectivity index (χ3n) is 6.30. The van der Waals surface area contributed by atoms with Crippen LogP contribution in [-0.4, -0.2) is 36.5 Å². The van der Waals surface area contributed by atoms with Crippen molar-refractivity contribution in [3.63, 3.8) is 0 Å². The largest absolute Gasteiger partial charge is 0.549 e. The third kappa shape index (κ3) is 6.07. The van der Waals surface area contributed by atoms with Gasteiger partial charge in [0, 0.05) is 50.8 Å². The summed E-state index contributed by atoms with van der Waals surface area (Å²) in [4.78, 5) is 16.9. The van der Waals surface area contributed by atoms with E-state index in [1.165, 1.54) is 52.9 Å². The van der Waals surface area contributed by atoms with Gasteiger partial charge in [-0.2, -0.15) is 16.3 Å². The molecule has 0 bridgehead atoms. The summed E-state index contributed by atoms with van der Waals surface area (Å²) in [6.45, 7) is 1.81. The first-order valence-electron chi connectivity index (χ1n) is 12.2. The number of nitrogens with zero attached hydrogens (tertiary/aromatic N) is 2. The molecule has 38 heavy (non-hydrogen) atoms. The lowest BCUT2D eigenvalue weighted by atomic mass is 10.2. The minimum Gasteiger partial charge on any atom is -0.549 e. The molecule has 0 amide bonds. The van der Waals surface area contributed by atoms with Gasteiger partial charge in [0.1, 0.15) is 4.70 Å². The Morgan fingerprint density at radius 2 is 1.95 bits per heavy atom. The molecule has 0 unspecified atom stereocenters. The molecule has 2 aliphatic rings. The Kier molecular flexibility index (Phi) is 9.33. The maximum Gasteiger partial charge on any atom is 0.262 e.